The Morgan fingerprint density at radius 1 is 1.14 bits per heavy atom. The van der Waals surface area contributed by atoms with Gasteiger partial charge in [-0.1, -0.05) is 35.8 Å². The number of halogens is 1. The van der Waals surface area contributed by atoms with Crippen LogP contribution in [0.3, 0.4) is 0 Å². The number of ether oxygens (including phenoxy) is 1. The number of rotatable bonds is 3. The molecule has 1 N–H and O–H groups in total. The fraction of sp³-hybridized carbons (Fsp3) is 0.615. The van der Waals surface area contributed by atoms with Crippen LogP contribution >= 0.6 is 15.9 Å². The van der Waals surface area contributed by atoms with E-state index in [1.54, 1.807) is 26.0 Å². The van der Waals surface area contributed by atoms with E-state index in [0.29, 0.717) is 25.8 Å². The predicted octanol–water partition coefficient (Wildman–Crippen LogP) is 1.61. The number of hydrogen-bond donors (Lipinski definition) is 1. The van der Waals surface area contributed by atoms with Crippen molar-refractivity contribution in [1.82, 2.24) is 20.0 Å². The second kappa shape index (κ2) is 11.7. The van der Waals surface area contributed by atoms with Gasteiger partial charge < -0.3 is 19.9 Å². The zero-order chi connectivity index (χ0) is 26.7. The highest BCUT2D eigenvalue weighted by molar-refractivity contribution is 9.10. The summed E-state index contributed by atoms with van der Waals surface area (Å²) in [6.45, 7) is 4.26. The number of carbonyl (C=O) groups is 4. The van der Waals surface area contributed by atoms with Crippen molar-refractivity contribution in [2.45, 2.75) is 63.7 Å². The average Bonchev–Trinajstić information content (AvgIpc) is 3.23. The van der Waals surface area contributed by atoms with Crippen LogP contribution in [0.1, 0.15) is 37.8 Å². The van der Waals surface area contributed by atoms with Crippen molar-refractivity contribution in [3.8, 4) is 0 Å². The van der Waals surface area contributed by atoms with E-state index < -0.39 is 36.0 Å². The van der Waals surface area contributed by atoms with E-state index in [9.17, 15) is 19.2 Å². The lowest BCUT2D eigenvalue weighted by Crippen LogP contribution is -2.58. The van der Waals surface area contributed by atoms with Crippen molar-refractivity contribution >= 4 is 39.6 Å². The van der Waals surface area contributed by atoms with Crippen LogP contribution in [0.15, 0.2) is 22.7 Å². The van der Waals surface area contributed by atoms with Crippen molar-refractivity contribution in [2.75, 3.05) is 34.8 Å². The summed E-state index contributed by atoms with van der Waals surface area (Å²) in [5.41, 5.74) is 1.88. The molecule has 0 spiro atoms. The van der Waals surface area contributed by atoms with E-state index in [-0.39, 0.29) is 24.2 Å². The standard InChI is InChI=1S/C26H37BrN4O5/c1-15(2)22-23(32)28-19(26(35)36-6)14-17-11-16(12-18(27)13-17)9-10-31-20(24(33)29(3)4)7-8-21(31)25(34)30(22)5/h11-13,15,19-22H,7-10,14H2,1-6H3,(H,28,32)/t19-,20-,21+,22-/m0/s1. The molecule has 0 unspecified atom stereocenters. The Morgan fingerprint density at radius 3 is 2.42 bits per heavy atom. The van der Waals surface area contributed by atoms with Gasteiger partial charge in [-0.15, -0.1) is 0 Å². The van der Waals surface area contributed by atoms with E-state index in [1.165, 1.54) is 12.0 Å². The highest BCUT2D eigenvalue weighted by atomic mass is 79.9. The summed E-state index contributed by atoms with van der Waals surface area (Å²) in [4.78, 5) is 57.9. The Bertz CT molecular complexity index is 1010. The van der Waals surface area contributed by atoms with Crippen molar-refractivity contribution in [3.63, 3.8) is 0 Å². The molecule has 3 amide bonds. The average molecular weight is 566 g/mol. The van der Waals surface area contributed by atoms with Crippen LogP contribution in [0.25, 0.3) is 0 Å². The third-order valence-electron chi connectivity index (χ3n) is 7.11. The lowest BCUT2D eigenvalue weighted by Gasteiger charge is -2.36. The number of esters is 1. The van der Waals surface area contributed by atoms with E-state index in [1.807, 2.05) is 36.9 Å². The number of nitrogens with one attached hydrogen (secondary N) is 1. The van der Waals surface area contributed by atoms with Gasteiger partial charge in [0.1, 0.15) is 12.1 Å². The number of benzene rings is 1. The molecule has 3 rings (SSSR count). The molecule has 2 heterocycles. The molecule has 4 atom stereocenters. The molecule has 2 bridgehead atoms. The first-order valence-electron chi connectivity index (χ1n) is 12.3. The van der Waals surface area contributed by atoms with Gasteiger partial charge in [-0.25, -0.2) is 4.79 Å². The topological polar surface area (TPSA) is 99.3 Å². The van der Waals surface area contributed by atoms with Crippen molar-refractivity contribution in [1.29, 1.82) is 0 Å². The second-order valence-electron chi connectivity index (χ2n) is 10.2. The summed E-state index contributed by atoms with van der Waals surface area (Å²) in [5, 5.41) is 2.84. The summed E-state index contributed by atoms with van der Waals surface area (Å²) in [6.07, 6.45) is 1.99. The third-order valence-corrected chi connectivity index (χ3v) is 7.57. The van der Waals surface area contributed by atoms with Crippen LogP contribution in [0, 0.1) is 5.92 Å². The first kappa shape index (κ1) is 28.1. The number of amides is 3. The van der Waals surface area contributed by atoms with E-state index in [0.717, 1.165) is 15.6 Å². The molecule has 2 aliphatic heterocycles. The maximum absolute atomic E-state index is 13.8. The molecule has 36 heavy (non-hydrogen) atoms. The first-order chi connectivity index (χ1) is 16.9. The normalized spacial score (nSPS) is 25.7. The Kier molecular flexibility index (Phi) is 9.16. The molecule has 0 radical (unpaired) electrons. The molecule has 0 saturated carbocycles. The van der Waals surface area contributed by atoms with Gasteiger partial charge in [0.15, 0.2) is 0 Å². The molecular formula is C26H37BrN4O5. The number of likely N-dealkylation sites (N-methyl/N-ethyl adjacent to an activating group) is 2. The van der Waals surface area contributed by atoms with Crippen LogP contribution in [0.5, 0.6) is 0 Å². The zero-order valence-corrected chi connectivity index (χ0v) is 23.5. The SMILES string of the molecule is COC(=O)[C@@H]1Cc2cc(Br)cc(c2)CCN2[C@H](CC[C@H]2C(=O)N(C)C)C(=O)N(C)[C@@H](C(C)C)C(=O)N1. The minimum absolute atomic E-state index is 0.0249. The number of nitrogens with zero attached hydrogens (tertiary/aromatic N) is 3. The summed E-state index contributed by atoms with van der Waals surface area (Å²) >= 11 is 3.56. The van der Waals surface area contributed by atoms with Gasteiger partial charge in [-0.2, -0.15) is 0 Å². The maximum Gasteiger partial charge on any atom is 0.328 e. The quantitative estimate of drug-likeness (QED) is 0.560. The number of methoxy groups -OCH3 is 1. The minimum Gasteiger partial charge on any atom is -0.467 e. The highest BCUT2D eigenvalue weighted by Gasteiger charge is 2.44. The summed E-state index contributed by atoms with van der Waals surface area (Å²) in [6, 6.07) is 3.35. The molecule has 1 saturated heterocycles. The molecule has 0 aliphatic carbocycles. The lowest BCUT2D eigenvalue weighted by molar-refractivity contribution is -0.148. The third kappa shape index (κ3) is 6.08. The molecule has 1 fully saturated rings. The Labute approximate surface area is 221 Å². The maximum atomic E-state index is 13.8. The van der Waals surface area contributed by atoms with Gasteiger partial charge in [-0.05, 0) is 48.4 Å². The lowest BCUT2D eigenvalue weighted by atomic mass is 9.98. The second-order valence-corrected chi connectivity index (χ2v) is 11.1. The monoisotopic (exact) mass is 564 g/mol. The van der Waals surface area contributed by atoms with Crippen LogP contribution in [-0.4, -0.2) is 97.4 Å². The van der Waals surface area contributed by atoms with Crippen LogP contribution in [-0.2, 0) is 36.8 Å². The van der Waals surface area contributed by atoms with Crippen LogP contribution in [0.4, 0.5) is 0 Å². The highest BCUT2D eigenvalue weighted by Crippen LogP contribution is 2.29. The fourth-order valence-corrected chi connectivity index (χ4v) is 5.96. The summed E-state index contributed by atoms with van der Waals surface area (Å²) < 4.78 is 5.83. The van der Waals surface area contributed by atoms with Crippen LogP contribution < -0.4 is 5.32 Å². The number of fused-ring (bicyclic) bond motifs is 3. The van der Waals surface area contributed by atoms with E-state index in [4.69, 9.17) is 4.74 Å². The fourth-order valence-electron chi connectivity index (χ4n) is 5.37. The molecule has 0 aromatic heterocycles. The number of hydrogen-bond acceptors (Lipinski definition) is 6. The smallest absolute Gasteiger partial charge is 0.328 e. The Balaban J connectivity index is 2.07. The zero-order valence-electron chi connectivity index (χ0n) is 21.9. The molecule has 1 aromatic carbocycles. The summed E-state index contributed by atoms with van der Waals surface area (Å²) in [5.74, 6) is -1.37. The van der Waals surface area contributed by atoms with Gasteiger partial charge >= 0.3 is 5.97 Å². The molecule has 1 aromatic rings. The van der Waals surface area contributed by atoms with Crippen molar-refractivity contribution < 1.29 is 23.9 Å². The molecule has 10 heteroatoms. The van der Waals surface area contributed by atoms with Crippen molar-refractivity contribution in [3.05, 3.63) is 33.8 Å². The summed E-state index contributed by atoms with van der Waals surface area (Å²) in [7, 11) is 6.38. The van der Waals surface area contributed by atoms with Gasteiger partial charge in [0.05, 0.1) is 19.2 Å². The molecule has 9 nitrogen and oxygen atoms in total. The Hall–Kier alpha value is -2.46. The van der Waals surface area contributed by atoms with E-state index in [2.05, 4.69) is 21.2 Å². The van der Waals surface area contributed by atoms with Gasteiger partial charge in [-0.3, -0.25) is 19.3 Å². The molecular weight excluding hydrogens is 528 g/mol. The van der Waals surface area contributed by atoms with Crippen LogP contribution in [0.2, 0.25) is 0 Å². The van der Waals surface area contributed by atoms with Gasteiger partial charge in [0.2, 0.25) is 17.7 Å². The van der Waals surface area contributed by atoms with Gasteiger partial charge in [0, 0.05) is 38.6 Å². The predicted molar refractivity (Wildman–Crippen MR) is 139 cm³/mol. The molecule has 2 aliphatic rings. The minimum atomic E-state index is -0.887. The largest absolute Gasteiger partial charge is 0.467 e. The van der Waals surface area contributed by atoms with E-state index >= 15 is 0 Å². The van der Waals surface area contributed by atoms with Crippen molar-refractivity contribution in [2.24, 2.45) is 5.92 Å². The Morgan fingerprint density at radius 2 is 1.81 bits per heavy atom. The first-order valence-corrected chi connectivity index (χ1v) is 13.1. The molecule has 198 valence electrons. The number of carbonyl (C=O) groups excluding carboxylic acids is 4. The van der Waals surface area contributed by atoms with Gasteiger partial charge in [0.25, 0.3) is 0 Å².